The molecule has 4 N–H and O–H groups in total. The van der Waals surface area contributed by atoms with Crippen LogP contribution in [0.25, 0.3) is 0 Å². The Kier molecular flexibility index (Phi) is 21.1. The molecule has 0 radical (unpaired) electrons. The normalized spacial score (nSPS) is 13.3. The van der Waals surface area contributed by atoms with E-state index in [0.717, 1.165) is 32.1 Å². The Labute approximate surface area is 441 Å². The van der Waals surface area contributed by atoms with Crippen LogP contribution in [0, 0.1) is 21.7 Å². The molecule has 0 atom stereocenters. The average molecular weight is 1020 g/mol. The van der Waals surface area contributed by atoms with E-state index >= 15 is 0 Å². The topological polar surface area (TPSA) is 178 Å². The maximum Gasteiger partial charge on any atom is 0.414 e. The van der Waals surface area contributed by atoms with Crippen molar-refractivity contribution >= 4 is 36.3 Å². The highest BCUT2D eigenvalue weighted by atomic mass is 16.6. The molecule has 412 valence electrons. The molecule has 0 heterocycles. The molecule has 0 aliphatic carbocycles. The van der Waals surface area contributed by atoms with E-state index < -0.39 is 46.8 Å². The number of aliphatic imine (C=N–C) groups is 2. The Morgan fingerprint density at radius 3 is 0.808 bits per heavy atom. The van der Waals surface area contributed by atoms with Gasteiger partial charge in [0.25, 0.3) is 0 Å². The number of ether oxygens (including phenoxy) is 4. The molecule has 0 bridgehead atoms. The summed E-state index contributed by atoms with van der Waals surface area (Å²) < 4.78 is 21.7. The van der Waals surface area contributed by atoms with Crippen molar-refractivity contribution in [2.45, 2.75) is 232 Å². The van der Waals surface area contributed by atoms with E-state index in [4.69, 9.17) is 18.9 Å². The van der Waals surface area contributed by atoms with Crippen LogP contribution >= 0.6 is 0 Å². The lowest BCUT2D eigenvalue weighted by Gasteiger charge is -2.36. The summed E-state index contributed by atoms with van der Waals surface area (Å²) in [5, 5.41) is 10.4. The number of guanidine groups is 2. The molecule has 0 fully saturated rings. The molecule has 2 aromatic rings. The first-order valence-corrected chi connectivity index (χ1v) is 25.9. The van der Waals surface area contributed by atoms with Crippen LogP contribution < -0.4 is 21.3 Å². The molecule has 0 aliphatic heterocycles. The Bertz CT molecular complexity index is 2000. The highest BCUT2D eigenvalue weighted by molar-refractivity contribution is 6.02. The van der Waals surface area contributed by atoms with Crippen LogP contribution in [0.5, 0.6) is 0 Å². The van der Waals surface area contributed by atoms with E-state index in [0.29, 0.717) is 13.1 Å². The van der Waals surface area contributed by atoms with Gasteiger partial charge in [-0.1, -0.05) is 132 Å². The molecule has 0 aromatic heterocycles. The zero-order chi connectivity index (χ0) is 56.5. The number of carbonyl (C=O) groups excluding carboxylic acids is 4. The van der Waals surface area contributed by atoms with Gasteiger partial charge in [-0.05, 0) is 170 Å². The number of hydrogen-bond acceptors (Lipinski definition) is 10. The quantitative estimate of drug-likeness (QED) is 0.0729. The first-order chi connectivity index (χ1) is 32.6. The fourth-order valence-electron chi connectivity index (χ4n) is 9.79. The molecule has 73 heavy (non-hydrogen) atoms. The standard InChI is InChI=1S/C59H98N6O8/c1-50(2,3)70-46(66)62-44(63-47(67)71-51(4,5)6)60-38-56(17,18)36-58(21,22)42-29-25-40(26-30-42)33-54(13,14)35-55(15,16)34-41-27-31-43(32-28-41)59(23,24)37-57(19,20)39-61-45(64-48(68)72-52(7,8)9)65-49(69)73-53(10,11)12/h25-32H,33-39H2,1-24H3,(H2,60,62,63,66,67)(H2,61,64,65,68,69). The zero-order valence-electron chi connectivity index (χ0n) is 49.7. The number of rotatable bonds is 16. The second-order valence-electron chi connectivity index (χ2n) is 28.5. The second-order valence-corrected chi connectivity index (χ2v) is 28.5. The molecule has 0 aliphatic rings. The summed E-state index contributed by atoms with van der Waals surface area (Å²) in [7, 11) is 0. The Balaban J connectivity index is 2.14. The Hall–Kier alpha value is -5.14. The number of amides is 4. The van der Waals surface area contributed by atoms with Crippen molar-refractivity contribution in [1.29, 1.82) is 0 Å². The number of benzene rings is 2. The monoisotopic (exact) mass is 1020 g/mol. The van der Waals surface area contributed by atoms with Gasteiger partial charge in [-0.3, -0.25) is 31.3 Å². The molecule has 2 rings (SSSR count). The van der Waals surface area contributed by atoms with Crippen molar-refractivity contribution in [3.05, 3.63) is 70.8 Å². The zero-order valence-corrected chi connectivity index (χ0v) is 49.7. The maximum absolute atomic E-state index is 12.7. The van der Waals surface area contributed by atoms with Crippen LogP contribution in [0.2, 0.25) is 0 Å². The molecule has 0 saturated heterocycles. The van der Waals surface area contributed by atoms with Crippen molar-refractivity contribution in [3.8, 4) is 0 Å². The number of nitrogens with one attached hydrogen (secondary N) is 4. The largest absolute Gasteiger partial charge is 0.444 e. The van der Waals surface area contributed by atoms with Crippen LogP contribution in [0.1, 0.15) is 208 Å². The fraction of sp³-hybridized carbons (Fsp3) is 0.695. The number of hydrogen-bond donors (Lipinski definition) is 4. The van der Waals surface area contributed by atoms with Gasteiger partial charge < -0.3 is 18.9 Å². The van der Waals surface area contributed by atoms with Gasteiger partial charge >= 0.3 is 24.4 Å². The Morgan fingerprint density at radius 1 is 0.356 bits per heavy atom. The van der Waals surface area contributed by atoms with Gasteiger partial charge in [-0.25, -0.2) is 19.2 Å². The van der Waals surface area contributed by atoms with Crippen molar-refractivity contribution in [3.63, 3.8) is 0 Å². The fourth-order valence-corrected chi connectivity index (χ4v) is 9.79. The van der Waals surface area contributed by atoms with Gasteiger partial charge in [-0.15, -0.1) is 0 Å². The van der Waals surface area contributed by atoms with Crippen LogP contribution in [-0.4, -0.2) is 71.8 Å². The van der Waals surface area contributed by atoms with Crippen molar-refractivity contribution in [2.24, 2.45) is 31.6 Å². The predicted molar refractivity (Wildman–Crippen MR) is 297 cm³/mol. The molecule has 0 saturated carbocycles. The lowest BCUT2D eigenvalue weighted by Crippen LogP contribution is -2.47. The number of carbonyl (C=O) groups is 4. The van der Waals surface area contributed by atoms with Crippen LogP contribution in [0.4, 0.5) is 19.2 Å². The molecular weight excluding hydrogens is 921 g/mol. The lowest BCUT2D eigenvalue weighted by atomic mass is 9.69. The minimum absolute atomic E-state index is 0.0251. The van der Waals surface area contributed by atoms with Crippen LogP contribution in [0.3, 0.4) is 0 Å². The minimum atomic E-state index is -0.730. The van der Waals surface area contributed by atoms with Crippen LogP contribution in [0.15, 0.2) is 58.5 Å². The maximum atomic E-state index is 12.7. The average Bonchev–Trinajstić information content (AvgIpc) is 3.12. The lowest BCUT2D eigenvalue weighted by molar-refractivity contribution is 0.0520. The number of alkyl carbamates (subject to hydrolysis) is 4. The van der Waals surface area contributed by atoms with E-state index in [1.54, 1.807) is 83.1 Å². The summed E-state index contributed by atoms with van der Waals surface area (Å²) in [5.41, 5.74) is 1.19. The van der Waals surface area contributed by atoms with Gasteiger partial charge in [0.15, 0.2) is 0 Å². The van der Waals surface area contributed by atoms with Crippen molar-refractivity contribution in [1.82, 2.24) is 21.3 Å². The van der Waals surface area contributed by atoms with E-state index in [1.165, 1.54) is 22.3 Å². The molecule has 0 spiro atoms. The highest BCUT2D eigenvalue weighted by Crippen LogP contribution is 2.41. The molecule has 4 amide bonds. The van der Waals surface area contributed by atoms with Gasteiger partial charge in [-0.2, -0.15) is 0 Å². The summed E-state index contributed by atoms with van der Waals surface area (Å²) >= 11 is 0. The summed E-state index contributed by atoms with van der Waals surface area (Å²) in [5.74, 6) is -0.0503. The third-order valence-electron chi connectivity index (χ3n) is 11.4. The smallest absolute Gasteiger partial charge is 0.414 e. The molecule has 14 nitrogen and oxygen atoms in total. The highest BCUT2D eigenvalue weighted by Gasteiger charge is 2.34. The van der Waals surface area contributed by atoms with Crippen molar-refractivity contribution < 1.29 is 38.1 Å². The minimum Gasteiger partial charge on any atom is -0.444 e. The third kappa shape index (κ3) is 26.6. The SMILES string of the molecule is CC(C)(Cc1ccc(C(C)(C)CC(C)(C)CN=C(NC(=O)OC(C)(C)C)NC(=O)OC(C)(C)C)cc1)CC(C)(C)Cc1ccc(C(C)(C)CC(C)(C)CN=C(NC(=O)OC(C)(C)C)NC(=O)OC(C)(C)C)cc1. The first-order valence-electron chi connectivity index (χ1n) is 25.9. The van der Waals surface area contributed by atoms with Crippen molar-refractivity contribution in [2.75, 3.05) is 13.1 Å². The van der Waals surface area contributed by atoms with E-state index in [1.807, 2.05) is 0 Å². The third-order valence-corrected chi connectivity index (χ3v) is 11.4. The summed E-state index contributed by atoms with van der Waals surface area (Å²) in [6.07, 6.45) is 1.61. The molecule has 14 heteroatoms. The summed E-state index contributed by atoms with van der Waals surface area (Å²) in [6.45, 7) is 48.8. The molecule has 2 aromatic carbocycles. The number of nitrogens with zero attached hydrogens (tertiary/aromatic N) is 2. The van der Waals surface area contributed by atoms with Gasteiger partial charge in [0.1, 0.15) is 22.4 Å². The molecule has 0 unspecified atom stereocenters. The van der Waals surface area contributed by atoms with Gasteiger partial charge in [0, 0.05) is 13.1 Å². The second kappa shape index (κ2) is 24.0. The van der Waals surface area contributed by atoms with E-state index in [9.17, 15) is 19.2 Å². The Morgan fingerprint density at radius 2 is 0.589 bits per heavy atom. The van der Waals surface area contributed by atoms with Gasteiger partial charge in [0.2, 0.25) is 11.9 Å². The van der Waals surface area contributed by atoms with Gasteiger partial charge in [0.05, 0.1) is 0 Å². The van der Waals surface area contributed by atoms with E-state index in [-0.39, 0.29) is 44.4 Å². The first kappa shape index (κ1) is 64.0. The summed E-state index contributed by atoms with van der Waals surface area (Å²) in [4.78, 5) is 60.0. The van der Waals surface area contributed by atoms with E-state index in [2.05, 4.69) is 163 Å². The summed E-state index contributed by atoms with van der Waals surface area (Å²) in [6, 6.07) is 18.0. The molecular formula is C59H98N6O8. The predicted octanol–water partition coefficient (Wildman–Crippen LogP) is 14.1. The van der Waals surface area contributed by atoms with Crippen LogP contribution in [-0.2, 0) is 42.6 Å².